The first-order valence-electron chi connectivity index (χ1n) is 11.3. The molecule has 0 amide bonds. The number of esters is 3. The van der Waals surface area contributed by atoms with Crippen molar-refractivity contribution in [1.29, 1.82) is 0 Å². The lowest BCUT2D eigenvalue weighted by atomic mass is 9.75. The normalized spacial score (nSPS) is 41.1. The number of rotatable bonds is 4. The van der Waals surface area contributed by atoms with E-state index in [1.165, 1.54) is 6.92 Å². The first kappa shape index (κ1) is 25.4. The van der Waals surface area contributed by atoms with Crippen molar-refractivity contribution in [3.05, 3.63) is 23.8 Å². The maximum absolute atomic E-state index is 12.8. The second-order valence-corrected chi connectivity index (χ2v) is 9.92. The zero-order chi connectivity index (χ0) is 24.9. The first-order valence-corrected chi connectivity index (χ1v) is 11.3. The van der Waals surface area contributed by atoms with E-state index in [0.29, 0.717) is 12.0 Å². The molecule has 0 aromatic carbocycles. The van der Waals surface area contributed by atoms with Gasteiger partial charge >= 0.3 is 17.9 Å². The van der Waals surface area contributed by atoms with Gasteiger partial charge in [0.25, 0.3) is 0 Å². The van der Waals surface area contributed by atoms with Crippen LogP contribution in [0, 0.1) is 17.8 Å². The van der Waals surface area contributed by atoms with Crippen molar-refractivity contribution in [3.8, 4) is 0 Å². The molecule has 2 N–H and O–H groups in total. The third-order valence-electron chi connectivity index (χ3n) is 6.93. The fraction of sp³-hybridized carbons (Fsp3) is 0.708. The molecule has 3 saturated heterocycles. The van der Waals surface area contributed by atoms with Gasteiger partial charge in [-0.15, -0.1) is 0 Å². The second-order valence-electron chi connectivity index (χ2n) is 9.92. The summed E-state index contributed by atoms with van der Waals surface area (Å²) < 4.78 is 22.9. The van der Waals surface area contributed by atoms with Crippen LogP contribution in [0.4, 0.5) is 0 Å². The van der Waals surface area contributed by atoms with Crippen molar-refractivity contribution in [2.75, 3.05) is 0 Å². The maximum Gasteiger partial charge on any atom is 0.334 e. The third kappa shape index (κ3) is 4.46. The average molecular weight is 467 g/mol. The molecule has 3 fully saturated rings. The molecule has 3 aliphatic rings. The van der Waals surface area contributed by atoms with Crippen LogP contribution >= 0.6 is 0 Å². The average Bonchev–Trinajstić information content (AvgIpc) is 3.17. The topological polar surface area (TPSA) is 129 Å². The maximum atomic E-state index is 12.8. The van der Waals surface area contributed by atoms with Gasteiger partial charge in [0.2, 0.25) is 5.79 Å². The van der Waals surface area contributed by atoms with Crippen molar-refractivity contribution >= 4 is 17.9 Å². The zero-order valence-electron chi connectivity index (χ0n) is 20.0. The van der Waals surface area contributed by atoms with E-state index in [1.54, 1.807) is 40.7 Å². The summed E-state index contributed by atoms with van der Waals surface area (Å²) in [4.78, 5) is 37.9. The Morgan fingerprint density at radius 3 is 2.45 bits per heavy atom. The van der Waals surface area contributed by atoms with Crippen LogP contribution in [0.15, 0.2) is 23.8 Å². The predicted molar refractivity (Wildman–Crippen MR) is 115 cm³/mol. The van der Waals surface area contributed by atoms with Gasteiger partial charge in [0.05, 0.1) is 17.9 Å². The highest BCUT2D eigenvalue weighted by Crippen LogP contribution is 2.50. The van der Waals surface area contributed by atoms with Crippen molar-refractivity contribution in [1.82, 2.24) is 0 Å². The minimum atomic E-state index is -1.97. The summed E-state index contributed by atoms with van der Waals surface area (Å²) in [6, 6.07) is 0. The Kier molecular flexibility index (Phi) is 6.81. The van der Waals surface area contributed by atoms with Gasteiger partial charge in [-0.25, -0.2) is 9.59 Å². The number of hydrogen-bond donors (Lipinski definition) is 2. The van der Waals surface area contributed by atoms with Gasteiger partial charge in [0, 0.05) is 23.5 Å². The molecule has 8 unspecified atom stereocenters. The summed E-state index contributed by atoms with van der Waals surface area (Å²) in [5, 5.41) is 23.1. The van der Waals surface area contributed by atoms with Crippen LogP contribution < -0.4 is 0 Å². The summed E-state index contributed by atoms with van der Waals surface area (Å²) >= 11 is 0. The molecule has 8 atom stereocenters. The lowest BCUT2D eigenvalue weighted by Crippen LogP contribution is -2.58. The Balaban J connectivity index is 2.16. The van der Waals surface area contributed by atoms with Crippen molar-refractivity contribution in [2.24, 2.45) is 17.8 Å². The van der Waals surface area contributed by atoms with E-state index in [-0.39, 0.29) is 12.0 Å². The third-order valence-corrected chi connectivity index (χ3v) is 6.93. The molecular formula is C24H34O9. The Morgan fingerprint density at radius 1 is 1.24 bits per heavy atom. The fourth-order valence-electron chi connectivity index (χ4n) is 4.81. The molecule has 0 spiro atoms. The van der Waals surface area contributed by atoms with Gasteiger partial charge in [-0.3, -0.25) is 4.79 Å². The highest BCUT2D eigenvalue weighted by atomic mass is 16.7. The number of carbonyl (C=O) groups is 3. The van der Waals surface area contributed by atoms with Gasteiger partial charge in [-0.1, -0.05) is 33.4 Å². The van der Waals surface area contributed by atoms with Gasteiger partial charge in [-0.2, -0.15) is 0 Å². The molecule has 9 nitrogen and oxygen atoms in total. The van der Waals surface area contributed by atoms with Crippen molar-refractivity contribution < 1.29 is 43.5 Å². The summed E-state index contributed by atoms with van der Waals surface area (Å²) in [7, 11) is 0. The lowest BCUT2D eigenvalue weighted by molar-refractivity contribution is -0.277. The van der Waals surface area contributed by atoms with Crippen LogP contribution in [-0.4, -0.2) is 63.9 Å². The van der Waals surface area contributed by atoms with E-state index >= 15 is 0 Å². The summed E-state index contributed by atoms with van der Waals surface area (Å²) in [6.07, 6.45) is -2.64. The van der Waals surface area contributed by atoms with E-state index in [0.717, 1.165) is 0 Å². The molecule has 0 aromatic rings. The monoisotopic (exact) mass is 466 g/mol. The molecule has 3 heterocycles. The van der Waals surface area contributed by atoms with E-state index in [4.69, 9.17) is 18.9 Å². The predicted octanol–water partition coefficient (Wildman–Crippen LogP) is 1.80. The Hall–Kier alpha value is -2.23. The minimum absolute atomic E-state index is 0.00248. The standard InChI is InChI=1S/C24H34O9/c1-8-12(4)21(26)31-18-16-14(6)22(27)30-17(16)19(32-20(25)11(2)3)23(7,28)10-15-9-13(5)24(18,29)33-15/h8,11,13,15-19,28-29H,6,9-10H2,1-5,7H3. The molecule has 0 radical (unpaired) electrons. The SMILES string of the molecule is C=C1C(=O)OC2C1C(OC(=O)C(C)=CC)C1(O)OC(CC1C)CC(C)(O)C2OC(=O)C(C)C. The fourth-order valence-corrected chi connectivity index (χ4v) is 4.81. The highest BCUT2D eigenvalue weighted by Gasteiger charge is 2.65. The van der Waals surface area contributed by atoms with Crippen LogP contribution in [0.25, 0.3) is 0 Å². The van der Waals surface area contributed by atoms with E-state index in [2.05, 4.69) is 6.58 Å². The second kappa shape index (κ2) is 8.85. The first-order chi connectivity index (χ1) is 15.2. The van der Waals surface area contributed by atoms with E-state index in [1.807, 2.05) is 0 Å². The number of aliphatic hydroxyl groups is 2. The molecule has 9 heteroatoms. The minimum Gasteiger partial charge on any atom is -0.455 e. The Morgan fingerprint density at radius 2 is 1.88 bits per heavy atom. The number of allylic oxidation sites excluding steroid dienone is 1. The largest absolute Gasteiger partial charge is 0.455 e. The molecule has 0 aliphatic carbocycles. The Labute approximate surface area is 193 Å². The molecule has 3 rings (SSSR count). The van der Waals surface area contributed by atoms with Gasteiger partial charge in [0.1, 0.15) is 5.60 Å². The van der Waals surface area contributed by atoms with Crippen molar-refractivity contribution in [3.63, 3.8) is 0 Å². The Bertz CT molecular complexity index is 873. The number of carbonyl (C=O) groups excluding carboxylic acids is 3. The van der Waals surface area contributed by atoms with Gasteiger partial charge < -0.3 is 29.2 Å². The van der Waals surface area contributed by atoms with E-state index < -0.39 is 71.5 Å². The molecule has 0 saturated carbocycles. The number of ether oxygens (including phenoxy) is 4. The van der Waals surface area contributed by atoms with Crippen LogP contribution in [-0.2, 0) is 33.3 Å². The smallest absolute Gasteiger partial charge is 0.334 e. The molecular weight excluding hydrogens is 432 g/mol. The van der Waals surface area contributed by atoms with Gasteiger partial charge in [0.15, 0.2) is 18.3 Å². The van der Waals surface area contributed by atoms with Crippen LogP contribution in [0.5, 0.6) is 0 Å². The van der Waals surface area contributed by atoms with Gasteiger partial charge in [-0.05, 0) is 27.2 Å². The van der Waals surface area contributed by atoms with Crippen LogP contribution in [0.3, 0.4) is 0 Å². The molecule has 33 heavy (non-hydrogen) atoms. The quantitative estimate of drug-likeness (QED) is 0.362. The molecule has 2 bridgehead atoms. The molecule has 184 valence electrons. The zero-order valence-corrected chi connectivity index (χ0v) is 20.0. The van der Waals surface area contributed by atoms with Crippen LogP contribution in [0.1, 0.15) is 54.4 Å². The summed E-state index contributed by atoms with van der Waals surface area (Å²) in [5.74, 6) is -6.18. The summed E-state index contributed by atoms with van der Waals surface area (Å²) in [5.41, 5.74) is -1.44. The number of hydrogen-bond acceptors (Lipinski definition) is 9. The summed E-state index contributed by atoms with van der Waals surface area (Å²) in [6.45, 7) is 13.5. The van der Waals surface area contributed by atoms with Crippen molar-refractivity contribution in [2.45, 2.75) is 90.2 Å². The number of fused-ring (bicyclic) bond motifs is 3. The molecule has 0 aromatic heterocycles. The van der Waals surface area contributed by atoms with E-state index in [9.17, 15) is 24.6 Å². The van der Waals surface area contributed by atoms with Crippen LogP contribution in [0.2, 0.25) is 0 Å². The molecule has 3 aliphatic heterocycles. The highest BCUT2D eigenvalue weighted by molar-refractivity contribution is 5.92. The lowest BCUT2D eigenvalue weighted by Gasteiger charge is -2.41.